The van der Waals surface area contributed by atoms with Crippen molar-refractivity contribution in [2.24, 2.45) is 10.4 Å². The van der Waals surface area contributed by atoms with Crippen molar-refractivity contribution in [1.82, 2.24) is 19.9 Å². The van der Waals surface area contributed by atoms with E-state index in [1.54, 1.807) is 18.6 Å². The molecule has 29 heavy (non-hydrogen) atoms. The van der Waals surface area contributed by atoms with Crippen molar-refractivity contribution >= 4 is 28.5 Å². The van der Waals surface area contributed by atoms with Crippen LogP contribution in [0.1, 0.15) is 32.3 Å². The van der Waals surface area contributed by atoms with Gasteiger partial charge in [0.15, 0.2) is 5.82 Å². The zero-order chi connectivity index (χ0) is 20.8. The number of aromatic nitrogens is 4. The molecular weight excluding hydrogens is 381 g/mol. The van der Waals surface area contributed by atoms with Crippen LogP contribution in [0.5, 0.6) is 0 Å². The Balaban J connectivity index is 1.58. The number of nitrogens with one attached hydrogen (secondary N) is 2. The van der Waals surface area contributed by atoms with Crippen LogP contribution in [0.25, 0.3) is 22.2 Å². The Morgan fingerprint density at radius 2 is 2.00 bits per heavy atom. The van der Waals surface area contributed by atoms with Crippen LogP contribution in [-0.2, 0) is 0 Å². The van der Waals surface area contributed by atoms with Gasteiger partial charge in [0.2, 0.25) is 5.95 Å². The molecule has 3 aromatic rings. The minimum absolute atomic E-state index is 0.141. The summed E-state index contributed by atoms with van der Waals surface area (Å²) in [5, 5.41) is 3.52. The standard InChI is InChI=1S/C20H21F3N6/c1-11(2)28-16-12(3)6-13(7-24-16)14-8-25-17-15(14)9-26-18(29-17)27-10-19(4-5-19)20(21,22)23/h6-9H,4-5,10H2,1-3H3,(H2,25,26,27,29). The number of fused-ring (bicyclic) bond motifs is 1. The van der Waals surface area contributed by atoms with E-state index in [-0.39, 0.29) is 25.3 Å². The molecule has 1 saturated carbocycles. The molecule has 3 aromatic heterocycles. The SMILES string of the molecule is CC(C)=Nc1ncc(-c2c[nH]c3nc(NCC4(C(F)(F)F)CC4)ncc23)cc1C. The van der Waals surface area contributed by atoms with Crippen LogP contribution in [-0.4, -0.2) is 38.4 Å². The van der Waals surface area contributed by atoms with E-state index in [0.717, 1.165) is 27.8 Å². The lowest BCUT2D eigenvalue weighted by molar-refractivity contribution is -0.182. The fourth-order valence-corrected chi connectivity index (χ4v) is 3.23. The van der Waals surface area contributed by atoms with Crippen molar-refractivity contribution in [2.45, 2.75) is 39.8 Å². The van der Waals surface area contributed by atoms with Crippen LogP contribution < -0.4 is 5.32 Å². The monoisotopic (exact) mass is 402 g/mol. The maximum absolute atomic E-state index is 13.1. The first kappa shape index (κ1) is 19.4. The second-order valence-electron chi connectivity index (χ2n) is 7.71. The number of aromatic amines is 1. The number of aryl methyl sites for hydroxylation is 1. The molecule has 0 radical (unpaired) electrons. The molecule has 4 rings (SSSR count). The zero-order valence-electron chi connectivity index (χ0n) is 16.4. The second-order valence-corrected chi connectivity index (χ2v) is 7.71. The Morgan fingerprint density at radius 3 is 2.62 bits per heavy atom. The van der Waals surface area contributed by atoms with Gasteiger partial charge in [-0.2, -0.15) is 18.2 Å². The molecule has 1 aliphatic carbocycles. The summed E-state index contributed by atoms with van der Waals surface area (Å²) in [7, 11) is 0. The Kier molecular flexibility index (Phi) is 4.55. The van der Waals surface area contributed by atoms with Crippen LogP contribution in [0.3, 0.4) is 0 Å². The minimum Gasteiger partial charge on any atom is -0.353 e. The van der Waals surface area contributed by atoms with Crippen molar-refractivity contribution in [3.8, 4) is 11.1 Å². The van der Waals surface area contributed by atoms with Crippen molar-refractivity contribution in [1.29, 1.82) is 0 Å². The molecule has 6 nitrogen and oxygen atoms in total. The molecule has 0 amide bonds. The van der Waals surface area contributed by atoms with E-state index >= 15 is 0 Å². The highest BCUT2D eigenvalue weighted by Gasteiger charge is 2.62. The fourth-order valence-electron chi connectivity index (χ4n) is 3.23. The fraction of sp³-hybridized carbons (Fsp3) is 0.400. The summed E-state index contributed by atoms with van der Waals surface area (Å²) in [4.78, 5) is 20.4. The Bertz CT molecular complexity index is 1090. The average Bonchev–Trinajstić information content (AvgIpc) is 3.34. The molecule has 0 unspecified atom stereocenters. The van der Waals surface area contributed by atoms with E-state index in [4.69, 9.17) is 0 Å². The van der Waals surface area contributed by atoms with Gasteiger partial charge in [-0.1, -0.05) is 0 Å². The average molecular weight is 402 g/mol. The Hall–Kier alpha value is -2.97. The smallest absolute Gasteiger partial charge is 0.353 e. The lowest BCUT2D eigenvalue weighted by Gasteiger charge is -2.19. The molecule has 0 atom stereocenters. The van der Waals surface area contributed by atoms with Gasteiger partial charge in [0.1, 0.15) is 5.65 Å². The van der Waals surface area contributed by atoms with Gasteiger partial charge >= 0.3 is 6.18 Å². The van der Waals surface area contributed by atoms with Crippen molar-refractivity contribution in [3.63, 3.8) is 0 Å². The van der Waals surface area contributed by atoms with Crippen LogP contribution >= 0.6 is 0 Å². The van der Waals surface area contributed by atoms with Gasteiger partial charge in [-0.25, -0.2) is 15.0 Å². The molecule has 3 heterocycles. The minimum atomic E-state index is -4.21. The number of aliphatic imine (C=N–C) groups is 1. The van der Waals surface area contributed by atoms with Crippen LogP contribution in [0.15, 0.2) is 29.6 Å². The lowest BCUT2D eigenvalue weighted by atomic mass is 10.1. The van der Waals surface area contributed by atoms with Crippen molar-refractivity contribution in [2.75, 3.05) is 11.9 Å². The number of pyridine rings is 1. The molecular formula is C20H21F3N6. The highest BCUT2D eigenvalue weighted by atomic mass is 19.4. The van der Waals surface area contributed by atoms with Crippen LogP contribution in [0.4, 0.5) is 24.9 Å². The molecule has 2 N–H and O–H groups in total. The van der Waals surface area contributed by atoms with Crippen LogP contribution in [0.2, 0.25) is 0 Å². The number of rotatable bonds is 5. The normalized spacial score (nSPS) is 15.4. The number of anilines is 1. The first-order chi connectivity index (χ1) is 13.7. The summed E-state index contributed by atoms with van der Waals surface area (Å²) < 4.78 is 39.2. The second kappa shape index (κ2) is 6.82. The summed E-state index contributed by atoms with van der Waals surface area (Å²) in [5.74, 6) is 0.855. The summed E-state index contributed by atoms with van der Waals surface area (Å²) in [6.07, 6.45) is 1.22. The van der Waals surface area contributed by atoms with E-state index in [2.05, 4.69) is 30.2 Å². The van der Waals surface area contributed by atoms with Crippen LogP contribution in [0, 0.1) is 12.3 Å². The quantitative estimate of drug-likeness (QED) is 0.575. The molecule has 9 heteroatoms. The van der Waals surface area contributed by atoms with E-state index in [1.807, 2.05) is 26.8 Å². The van der Waals surface area contributed by atoms with Gasteiger partial charge in [-0.3, -0.25) is 0 Å². The number of halogens is 3. The highest BCUT2D eigenvalue weighted by molar-refractivity contribution is 5.93. The van der Waals surface area contributed by atoms with E-state index < -0.39 is 11.6 Å². The van der Waals surface area contributed by atoms with Gasteiger partial charge in [-0.15, -0.1) is 0 Å². The summed E-state index contributed by atoms with van der Waals surface area (Å²) in [6, 6.07) is 1.99. The van der Waals surface area contributed by atoms with Crippen molar-refractivity contribution in [3.05, 3.63) is 30.2 Å². The number of hydrogen-bond donors (Lipinski definition) is 2. The van der Waals surface area contributed by atoms with Gasteiger partial charge in [0.05, 0.1) is 5.41 Å². The summed E-state index contributed by atoms with van der Waals surface area (Å²) in [5.41, 5.74) is 2.54. The molecule has 0 bridgehead atoms. The maximum atomic E-state index is 13.1. The van der Waals surface area contributed by atoms with E-state index in [0.29, 0.717) is 11.5 Å². The van der Waals surface area contributed by atoms with Gasteiger partial charge in [0, 0.05) is 47.4 Å². The van der Waals surface area contributed by atoms with E-state index in [1.165, 1.54) is 0 Å². The largest absolute Gasteiger partial charge is 0.396 e. The molecule has 0 aromatic carbocycles. The zero-order valence-corrected chi connectivity index (χ0v) is 16.4. The first-order valence-corrected chi connectivity index (χ1v) is 9.32. The predicted molar refractivity (Wildman–Crippen MR) is 107 cm³/mol. The summed E-state index contributed by atoms with van der Waals surface area (Å²) >= 11 is 0. The topological polar surface area (TPSA) is 78.8 Å². The molecule has 1 aliphatic rings. The van der Waals surface area contributed by atoms with E-state index in [9.17, 15) is 13.2 Å². The molecule has 152 valence electrons. The maximum Gasteiger partial charge on any atom is 0.396 e. The van der Waals surface area contributed by atoms with Gasteiger partial charge in [-0.05, 0) is 45.2 Å². The van der Waals surface area contributed by atoms with Gasteiger partial charge in [0.25, 0.3) is 0 Å². The highest BCUT2D eigenvalue weighted by Crippen LogP contribution is 2.57. The number of alkyl halides is 3. The lowest BCUT2D eigenvalue weighted by Crippen LogP contribution is -2.31. The van der Waals surface area contributed by atoms with Crippen molar-refractivity contribution < 1.29 is 13.2 Å². The first-order valence-electron chi connectivity index (χ1n) is 9.32. The predicted octanol–water partition coefficient (Wildman–Crippen LogP) is 5.20. The Labute approximate surface area is 165 Å². The van der Waals surface area contributed by atoms with Gasteiger partial charge < -0.3 is 10.3 Å². The third-order valence-electron chi connectivity index (χ3n) is 5.16. The molecule has 0 aliphatic heterocycles. The Morgan fingerprint density at radius 1 is 1.24 bits per heavy atom. The summed E-state index contributed by atoms with van der Waals surface area (Å²) in [6.45, 7) is 5.56. The number of nitrogens with zero attached hydrogens (tertiary/aromatic N) is 4. The molecule has 1 fully saturated rings. The molecule has 0 spiro atoms. The number of hydrogen-bond acceptors (Lipinski definition) is 5. The number of H-pyrrole nitrogens is 1. The molecule has 0 saturated heterocycles. The third kappa shape index (κ3) is 3.68. The third-order valence-corrected chi connectivity index (χ3v) is 5.16.